The van der Waals surface area contributed by atoms with Crippen LogP contribution in [0.25, 0.3) is 22.2 Å². The Morgan fingerprint density at radius 1 is 0.778 bits per heavy atom. The molecule has 0 aliphatic carbocycles. The predicted molar refractivity (Wildman–Crippen MR) is 106 cm³/mol. The van der Waals surface area contributed by atoms with Crippen molar-refractivity contribution in [3.63, 3.8) is 0 Å². The highest BCUT2D eigenvalue weighted by Gasteiger charge is 2.30. The maximum absolute atomic E-state index is 12.9. The molecule has 0 amide bonds. The molecule has 1 heterocycles. The molecule has 1 aromatic heterocycles. The van der Waals surface area contributed by atoms with Gasteiger partial charge in [0.15, 0.2) is 0 Å². The Hall–Kier alpha value is -2.53. The smallest absolute Gasteiger partial charge is 0.335 e. The van der Waals surface area contributed by atoms with Gasteiger partial charge in [-0.1, -0.05) is 60.7 Å². The van der Waals surface area contributed by atoms with Gasteiger partial charge < -0.3 is 4.57 Å². The van der Waals surface area contributed by atoms with Gasteiger partial charge >= 0.3 is 6.18 Å². The summed E-state index contributed by atoms with van der Waals surface area (Å²) in [5.74, 6) is 0. The molecule has 0 saturated heterocycles. The molecule has 0 radical (unpaired) electrons. The van der Waals surface area contributed by atoms with E-state index in [2.05, 4.69) is 20.5 Å². The topological polar surface area (TPSA) is 4.93 Å². The number of nitrogens with zero attached hydrogens (tertiary/aromatic N) is 1. The lowest BCUT2D eigenvalue weighted by Gasteiger charge is -2.13. The summed E-state index contributed by atoms with van der Waals surface area (Å²) in [6, 6.07) is 23.3. The third-order valence-electron chi connectivity index (χ3n) is 4.58. The SMILES string of the molecule is FC(F)(F)c1ccc(-c2c(Br)c3ccccc3n2Cc2ccccc2)cc1. The number of hydrogen-bond acceptors (Lipinski definition) is 0. The fourth-order valence-electron chi connectivity index (χ4n) is 3.29. The van der Waals surface area contributed by atoms with Crippen molar-refractivity contribution < 1.29 is 13.2 Å². The largest absolute Gasteiger partial charge is 0.416 e. The van der Waals surface area contributed by atoms with Gasteiger partial charge in [0.05, 0.1) is 15.7 Å². The van der Waals surface area contributed by atoms with Crippen molar-refractivity contribution in [2.45, 2.75) is 12.7 Å². The summed E-state index contributed by atoms with van der Waals surface area (Å²) >= 11 is 3.67. The molecule has 0 atom stereocenters. The minimum Gasteiger partial charge on any atom is -0.335 e. The molecule has 3 aromatic carbocycles. The molecule has 0 N–H and O–H groups in total. The summed E-state index contributed by atoms with van der Waals surface area (Å²) in [4.78, 5) is 0. The molecule has 27 heavy (non-hydrogen) atoms. The van der Waals surface area contributed by atoms with Crippen molar-refractivity contribution >= 4 is 26.8 Å². The third-order valence-corrected chi connectivity index (χ3v) is 5.38. The number of benzene rings is 3. The Labute approximate surface area is 163 Å². The van der Waals surface area contributed by atoms with Gasteiger partial charge in [0.25, 0.3) is 0 Å². The van der Waals surface area contributed by atoms with E-state index in [1.54, 1.807) is 0 Å². The van der Waals surface area contributed by atoms with Gasteiger partial charge in [-0.25, -0.2) is 0 Å². The minimum atomic E-state index is -4.34. The first-order valence-corrected chi connectivity index (χ1v) is 9.23. The van der Waals surface area contributed by atoms with E-state index >= 15 is 0 Å². The Morgan fingerprint density at radius 2 is 1.41 bits per heavy atom. The number of hydrogen-bond donors (Lipinski definition) is 0. The molecule has 4 rings (SSSR count). The van der Waals surface area contributed by atoms with Crippen LogP contribution in [-0.2, 0) is 12.7 Å². The van der Waals surface area contributed by atoms with E-state index < -0.39 is 11.7 Å². The van der Waals surface area contributed by atoms with Gasteiger partial charge in [0.1, 0.15) is 0 Å². The van der Waals surface area contributed by atoms with Gasteiger partial charge in [-0.05, 0) is 45.3 Å². The van der Waals surface area contributed by atoms with Crippen LogP contribution >= 0.6 is 15.9 Å². The summed E-state index contributed by atoms with van der Waals surface area (Å²) in [6.45, 7) is 0.628. The molecule has 0 saturated carbocycles. The predicted octanol–water partition coefficient (Wildman–Crippen LogP) is 7.14. The lowest BCUT2D eigenvalue weighted by Crippen LogP contribution is -2.05. The van der Waals surface area contributed by atoms with Crippen LogP contribution in [-0.4, -0.2) is 4.57 Å². The number of alkyl halides is 3. The number of rotatable bonds is 3. The zero-order valence-electron chi connectivity index (χ0n) is 14.2. The maximum atomic E-state index is 12.9. The van der Waals surface area contributed by atoms with Gasteiger partial charge in [0.2, 0.25) is 0 Å². The van der Waals surface area contributed by atoms with E-state index in [-0.39, 0.29) is 0 Å². The van der Waals surface area contributed by atoms with Crippen LogP contribution in [0, 0.1) is 0 Å². The van der Waals surface area contributed by atoms with Crippen LogP contribution in [0.3, 0.4) is 0 Å². The fraction of sp³-hybridized carbons (Fsp3) is 0.0909. The number of fused-ring (bicyclic) bond motifs is 1. The number of halogens is 4. The quantitative estimate of drug-likeness (QED) is 0.326. The standard InChI is InChI=1S/C22H15BrF3N/c23-20-18-8-4-5-9-19(18)27(14-15-6-2-1-3-7-15)21(20)16-10-12-17(13-11-16)22(24,25)26/h1-13H,14H2. The van der Waals surface area contributed by atoms with E-state index in [9.17, 15) is 13.2 Å². The molecule has 0 aliphatic heterocycles. The molecule has 0 fully saturated rings. The lowest BCUT2D eigenvalue weighted by atomic mass is 10.1. The highest BCUT2D eigenvalue weighted by Crippen LogP contribution is 2.39. The van der Waals surface area contributed by atoms with Crippen molar-refractivity contribution in [1.29, 1.82) is 0 Å². The van der Waals surface area contributed by atoms with E-state index in [1.165, 1.54) is 12.1 Å². The monoisotopic (exact) mass is 429 g/mol. The average molecular weight is 430 g/mol. The van der Waals surface area contributed by atoms with E-state index in [1.807, 2.05) is 54.6 Å². The molecular formula is C22H15BrF3N. The van der Waals surface area contributed by atoms with Crippen molar-refractivity contribution in [2.75, 3.05) is 0 Å². The zero-order valence-corrected chi connectivity index (χ0v) is 15.8. The van der Waals surface area contributed by atoms with Gasteiger partial charge in [-0.2, -0.15) is 13.2 Å². The number of aromatic nitrogens is 1. The van der Waals surface area contributed by atoms with Crippen LogP contribution in [0.2, 0.25) is 0 Å². The van der Waals surface area contributed by atoms with Crippen molar-refractivity contribution in [3.05, 3.63) is 94.5 Å². The molecule has 1 nitrogen and oxygen atoms in total. The maximum Gasteiger partial charge on any atom is 0.416 e. The molecule has 4 aromatic rings. The first kappa shape index (κ1) is 17.9. The summed E-state index contributed by atoms with van der Waals surface area (Å²) in [5, 5.41) is 1.03. The molecule has 5 heteroatoms. The molecular weight excluding hydrogens is 415 g/mol. The Balaban J connectivity index is 1.89. The second kappa shape index (κ2) is 6.89. The highest BCUT2D eigenvalue weighted by atomic mass is 79.9. The van der Waals surface area contributed by atoms with E-state index in [4.69, 9.17) is 0 Å². The van der Waals surface area contributed by atoms with Crippen LogP contribution < -0.4 is 0 Å². The lowest BCUT2D eigenvalue weighted by molar-refractivity contribution is -0.137. The molecule has 136 valence electrons. The third kappa shape index (κ3) is 3.39. The molecule has 0 bridgehead atoms. The van der Waals surface area contributed by atoms with Gasteiger partial charge in [-0.15, -0.1) is 0 Å². The minimum absolute atomic E-state index is 0.628. The van der Waals surface area contributed by atoms with Crippen LogP contribution in [0.5, 0.6) is 0 Å². The summed E-state index contributed by atoms with van der Waals surface area (Å²) in [5.41, 5.74) is 3.12. The van der Waals surface area contributed by atoms with E-state index in [0.29, 0.717) is 6.54 Å². The Kier molecular flexibility index (Phi) is 4.56. The van der Waals surface area contributed by atoms with Crippen molar-refractivity contribution in [2.24, 2.45) is 0 Å². The van der Waals surface area contributed by atoms with Crippen LogP contribution in [0.4, 0.5) is 13.2 Å². The molecule has 0 spiro atoms. The fourth-order valence-corrected chi connectivity index (χ4v) is 4.07. The Morgan fingerprint density at radius 3 is 2.07 bits per heavy atom. The highest BCUT2D eigenvalue weighted by molar-refractivity contribution is 9.10. The molecule has 0 aliphatic rings. The second-order valence-electron chi connectivity index (χ2n) is 6.33. The second-order valence-corrected chi connectivity index (χ2v) is 7.12. The van der Waals surface area contributed by atoms with Crippen LogP contribution in [0.1, 0.15) is 11.1 Å². The first-order chi connectivity index (χ1) is 12.9. The normalized spacial score (nSPS) is 11.9. The first-order valence-electron chi connectivity index (χ1n) is 8.43. The number of para-hydroxylation sites is 1. The van der Waals surface area contributed by atoms with Gasteiger partial charge in [0, 0.05) is 17.4 Å². The van der Waals surface area contributed by atoms with Gasteiger partial charge in [-0.3, -0.25) is 0 Å². The van der Waals surface area contributed by atoms with E-state index in [0.717, 1.165) is 44.3 Å². The Bertz CT molecular complexity index is 1080. The van der Waals surface area contributed by atoms with Crippen molar-refractivity contribution in [3.8, 4) is 11.3 Å². The zero-order chi connectivity index (χ0) is 19.0. The summed E-state index contributed by atoms with van der Waals surface area (Å²) in [6.07, 6.45) is -4.34. The molecule has 0 unspecified atom stereocenters. The summed E-state index contributed by atoms with van der Waals surface area (Å²) in [7, 11) is 0. The van der Waals surface area contributed by atoms with Crippen LogP contribution in [0.15, 0.2) is 83.3 Å². The van der Waals surface area contributed by atoms with Crippen molar-refractivity contribution in [1.82, 2.24) is 4.57 Å². The average Bonchev–Trinajstić information content (AvgIpc) is 2.94. The summed E-state index contributed by atoms with van der Waals surface area (Å²) < 4.78 is 41.8.